The first-order chi connectivity index (χ1) is 5.59. The summed E-state index contributed by atoms with van der Waals surface area (Å²) < 4.78 is 0. The highest BCUT2D eigenvalue weighted by Crippen LogP contribution is 2.34. The summed E-state index contributed by atoms with van der Waals surface area (Å²) in [4.78, 5) is 0. The van der Waals surface area contributed by atoms with Crippen molar-refractivity contribution >= 4 is 0 Å². The van der Waals surface area contributed by atoms with Crippen LogP contribution in [0.5, 0.6) is 0 Å². The normalized spacial score (nSPS) is 31.8. The highest BCUT2D eigenvalue weighted by atomic mass is 16.3. The molecule has 1 rings (SSSR count). The zero-order valence-corrected chi connectivity index (χ0v) is 8.59. The molecule has 0 saturated heterocycles. The summed E-state index contributed by atoms with van der Waals surface area (Å²) in [5.41, 5.74) is 0. The number of aliphatic hydroxyl groups excluding tert-OH is 1. The van der Waals surface area contributed by atoms with E-state index < -0.39 is 0 Å². The molecule has 0 aromatic heterocycles. The average Bonchev–Trinajstić information content (AvgIpc) is 1.96. The molecule has 0 spiro atoms. The van der Waals surface area contributed by atoms with Gasteiger partial charge in [0.25, 0.3) is 0 Å². The summed E-state index contributed by atoms with van der Waals surface area (Å²) in [7, 11) is 0. The van der Waals surface area contributed by atoms with Gasteiger partial charge in [0, 0.05) is 0 Å². The second-order valence-electron chi connectivity index (χ2n) is 4.88. The van der Waals surface area contributed by atoms with Gasteiger partial charge in [-0.25, -0.2) is 0 Å². The lowest BCUT2D eigenvalue weighted by Gasteiger charge is -2.34. The number of hydrogen-bond donors (Lipinski definition) is 1. The van der Waals surface area contributed by atoms with Gasteiger partial charge in [-0.2, -0.15) is 0 Å². The molecule has 0 aliphatic heterocycles. The van der Waals surface area contributed by atoms with Crippen LogP contribution in [0.15, 0.2) is 0 Å². The lowest BCUT2D eigenvalue weighted by Crippen LogP contribution is -2.32. The first-order valence-electron chi connectivity index (χ1n) is 5.27. The summed E-state index contributed by atoms with van der Waals surface area (Å²) in [6, 6.07) is 0. The maximum atomic E-state index is 9.39. The van der Waals surface area contributed by atoms with E-state index in [0.717, 1.165) is 18.3 Å². The third kappa shape index (κ3) is 2.78. The van der Waals surface area contributed by atoms with Crippen LogP contribution in [-0.2, 0) is 0 Å². The van der Waals surface area contributed by atoms with E-state index in [1.165, 1.54) is 19.3 Å². The summed E-state index contributed by atoms with van der Waals surface area (Å²) in [6.45, 7) is 6.85. The Morgan fingerprint density at radius 2 is 1.92 bits per heavy atom. The van der Waals surface area contributed by atoms with Crippen molar-refractivity contribution < 1.29 is 5.11 Å². The smallest absolute Gasteiger partial charge is 0.0568 e. The van der Waals surface area contributed by atoms with Gasteiger partial charge in [-0.3, -0.25) is 0 Å². The molecule has 0 radical (unpaired) electrons. The Labute approximate surface area is 76.2 Å². The van der Waals surface area contributed by atoms with Crippen molar-refractivity contribution in [2.75, 3.05) is 0 Å². The zero-order chi connectivity index (χ0) is 9.14. The number of aliphatic hydroxyl groups is 1. The minimum Gasteiger partial charge on any atom is -0.393 e. The quantitative estimate of drug-likeness (QED) is 0.688. The molecule has 3 unspecified atom stereocenters. The molecule has 0 bridgehead atoms. The Bertz CT molecular complexity index is 131. The largest absolute Gasteiger partial charge is 0.393 e. The molecule has 1 heteroatoms. The first kappa shape index (κ1) is 10.0. The zero-order valence-electron chi connectivity index (χ0n) is 8.59. The molecule has 0 aromatic rings. The molecule has 3 atom stereocenters. The Kier molecular flexibility index (Phi) is 3.57. The van der Waals surface area contributed by atoms with Gasteiger partial charge in [-0.1, -0.05) is 20.8 Å². The Morgan fingerprint density at radius 1 is 1.25 bits per heavy atom. The third-order valence-corrected chi connectivity index (χ3v) is 2.96. The van der Waals surface area contributed by atoms with E-state index in [1.807, 2.05) is 0 Å². The molecule has 1 fully saturated rings. The summed E-state index contributed by atoms with van der Waals surface area (Å²) in [5, 5.41) is 9.39. The van der Waals surface area contributed by atoms with Crippen molar-refractivity contribution in [1.82, 2.24) is 0 Å². The predicted octanol–water partition coefficient (Wildman–Crippen LogP) is 2.83. The van der Waals surface area contributed by atoms with Gasteiger partial charge < -0.3 is 5.11 Å². The van der Waals surface area contributed by atoms with E-state index in [0.29, 0.717) is 5.92 Å². The summed E-state index contributed by atoms with van der Waals surface area (Å²) in [6.07, 6.45) is 4.87. The van der Waals surface area contributed by atoms with Crippen molar-refractivity contribution in [1.29, 1.82) is 0 Å². The van der Waals surface area contributed by atoms with Crippen LogP contribution >= 0.6 is 0 Å². The molecule has 1 aliphatic carbocycles. The van der Waals surface area contributed by atoms with Crippen LogP contribution in [-0.4, -0.2) is 11.2 Å². The Hall–Kier alpha value is -0.0400. The Balaban J connectivity index is 2.13. The Morgan fingerprint density at radius 3 is 2.25 bits per heavy atom. The van der Waals surface area contributed by atoms with Crippen LogP contribution in [0.4, 0.5) is 0 Å². The monoisotopic (exact) mass is 170 g/mol. The topological polar surface area (TPSA) is 20.2 Å². The van der Waals surface area contributed by atoms with Crippen LogP contribution in [0.3, 0.4) is 0 Å². The van der Waals surface area contributed by atoms with Gasteiger partial charge in [0.05, 0.1) is 6.10 Å². The molecule has 1 N–H and O–H groups in total. The fraction of sp³-hybridized carbons (Fsp3) is 1.00. The minimum absolute atomic E-state index is 0.0274. The molecule has 0 amide bonds. The fourth-order valence-corrected chi connectivity index (χ4v) is 2.24. The molecule has 12 heavy (non-hydrogen) atoms. The lowest BCUT2D eigenvalue weighted by atomic mass is 9.75. The number of hydrogen-bond acceptors (Lipinski definition) is 1. The van der Waals surface area contributed by atoms with Gasteiger partial charge >= 0.3 is 0 Å². The van der Waals surface area contributed by atoms with E-state index >= 15 is 0 Å². The standard InChI is InChI=1S/C11H22O/c1-8(2)6-9(3)7-10-4-5-11(10)12/h8-12H,4-7H2,1-3H3. The number of rotatable bonds is 4. The van der Waals surface area contributed by atoms with Gasteiger partial charge in [-0.15, -0.1) is 0 Å². The maximum Gasteiger partial charge on any atom is 0.0568 e. The predicted molar refractivity (Wildman–Crippen MR) is 52.0 cm³/mol. The van der Waals surface area contributed by atoms with E-state index in [9.17, 15) is 5.11 Å². The molecular formula is C11H22O. The SMILES string of the molecule is CC(C)CC(C)CC1CCC1O. The van der Waals surface area contributed by atoms with Crippen LogP contribution in [0, 0.1) is 17.8 Å². The van der Waals surface area contributed by atoms with Crippen molar-refractivity contribution in [3.05, 3.63) is 0 Å². The van der Waals surface area contributed by atoms with Gasteiger partial charge in [0.1, 0.15) is 0 Å². The average molecular weight is 170 g/mol. The molecule has 1 nitrogen and oxygen atoms in total. The van der Waals surface area contributed by atoms with Crippen molar-refractivity contribution in [2.45, 2.75) is 52.6 Å². The second kappa shape index (κ2) is 4.27. The fourth-order valence-electron chi connectivity index (χ4n) is 2.24. The van der Waals surface area contributed by atoms with Gasteiger partial charge in [0.2, 0.25) is 0 Å². The highest BCUT2D eigenvalue weighted by Gasteiger charge is 2.29. The van der Waals surface area contributed by atoms with Crippen LogP contribution in [0.25, 0.3) is 0 Å². The van der Waals surface area contributed by atoms with Crippen LogP contribution in [0.1, 0.15) is 46.5 Å². The lowest BCUT2D eigenvalue weighted by molar-refractivity contribution is 0.0103. The van der Waals surface area contributed by atoms with E-state index in [1.54, 1.807) is 0 Å². The molecule has 72 valence electrons. The molecule has 1 aliphatic rings. The van der Waals surface area contributed by atoms with Gasteiger partial charge in [0.15, 0.2) is 0 Å². The van der Waals surface area contributed by atoms with Crippen LogP contribution < -0.4 is 0 Å². The van der Waals surface area contributed by atoms with E-state index in [2.05, 4.69) is 20.8 Å². The molecular weight excluding hydrogens is 148 g/mol. The molecule has 0 aromatic carbocycles. The van der Waals surface area contributed by atoms with E-state index in [4.69, 9.17) is 0 Å². The van der Waals surface area contributed by atoms with Crippen molar-refractivity contribution in [3.8, 4) is 0 Å². The maximum absolute atomic E-state index is 9.39. The van der Waals surface area contributed by atoms with Crippen LogP contribution in [0.2, 0.25) is 0 Å². The minimum atomic E-state index is 0.0274. The van der Waals surface area contributed by atoms with E-state index in [-0.39, 0.29) is 6.10 Å². The highest BCUT2D eigenvalue weighted by molar-refractivity contribution is 4.81. The van der Waals surface area contributed by atoms with Crippen molar-refractivity contribution in [3.63, 3.8) is 0 Å². The van der Waals surface area contributed by atoms with Gasteiger partial charge in [-0.05, 0) is 43.4 Å². The molecule has 1 saturated carbocycles. The summed E-state index contributed by atoms with van der Waals surface area (Å²) in [5.74, 6) is 2.22. The second-order valence-corrected chi connectivity index (χ2v) is 4.88. The molecule has 0 heterocycles. The summed E-state index contributed by atoms with van der Waals surface area (Å²) >= 11 is 0. The van der Waals surface area contributed by atoms with Crippen molar-refractivity contribution in [2.24, 2.45) is 17.8 Å². The first-order valence-corrected chi connectivity index (χ1v) is 5.27. The third-order valence-electron chi connectivity index (χ3n) is 2.96.